The van der Waals surface area contributed by atoms with Crippen LogP contribution >= 0.6 is 23.8 Å². The van der Waals surface area contributed by atoms with Crippen LogP contribution in [0.4, 0.5) is 0 Å². The van der Waals surface area contributed by atoms with Gasteiger partial charge >= 0.3 is 0 Å². The summed E-state index contributed by atoms with van der Waals surface area (Å²) in [4.78, 5) is 12.5. The standard InChI is InChI=1S/C16H31N5S2/c1-10(2)17-14-19(9)16(23-21(14)13(7)8)18-15(22)20(11(3)4)12(5)6/h10-13H,1-9H3/b17-14?,18-16-. The molecule has 0 saturated heterocycles. The molecule has 23 heavy (non-hydrogen) atoms. The van der Waals surface area contributed by atoms with Gasteiger partial charge in [0.1, 0.15) is 0 Å². The Hall–Kier alpha value is -0.950. The van der Waals surface area contributed by atoms with Crippen molar-refractivity contribution in [2.75, 3.05) is 0 Å². The molecule has 0 spiro atoms. The first kappa shape index (κ1) is 20.1. The van der Waals surface area contributed by atoms with Crippen LogP contribution in [0.25, 0.3) is 0 Å². The predicted octanol–water partition coefficient (Wildman–Crippen LogP) is 3.08. The number of rotatable bonds is 4. The zero-order valence-corrected chi connectivity index (χ0v) is 17.5. The maximum atomic E-state index is 5.59. The largest absolute Gasteiger partial charge is 0.343 e. The monoisotopic (exact) mass is 357 g/mol. The minimum Gasteiger partial charge on any atom is -0.343 e. The average molecular weight is 358 g/mol. The Bertz CT molecular complexity index is 651. The van der Waals surface area contributed by atoms with Gasteiger partial charge in [0, 0.05) is 31.2 Å². The van der Waals surface area contributed by atoms with E-state index >= 15 is 0 Å². The van der Waals surface area contributed by atoms with Crippen molar-refractivity contribution in [3.63, 3.8) is 0 Å². The maximum Gasteiger partial charge on any atom is 0.217 e. The molecular formula is C16H31N5S2. The van der Waals surface area contributed by atoms with Crippen molar-refractivity contribution >= 4 is 28.9 Å². The van der Waals surface area contributed by atoms with Crippen molar-refractivity contribution in [1.29, 1.82) is 0 Å². The van der Waals surface area contributed by atoms with E-state index in [0.717, 1.165) is 10.4 Å². The molecule has 0 fully saturated rings. The summed E-state index contributed by atoms with van der Waals surface area (Å²) in [7, 11) is 2.01. The molecule has 7 heteroatoms. The van der Waals surface area contributed by atoms with E-state index in [0.29, 0.717) is 23.2 Å². The summed E-state index contributed by atoms with van der Waals surface area (Å²) in [5.41, 5.74) is 0.946. The Kier molecular flexibility index (Phi) is 7.20. The Morgan fingerprint density at radius 2 is 1.57 bits per heavy atom. The summed E-state index contributed by atoms with van der Waals surface area (Å²) in [5.74, 6) is 0. The summed E-state index contributed by atoms with van der Waals surface area (Å²) in [6.07, 6.45) is 0. The van der Waals surface area contributed by atoms with Gasteiger partial charge in [-0.15, -0.1) is 0 Å². The van der Waals surface area contributed by atoms with Crippen LogP contribution in [0, 0.1) is 0 Å². The number of hydrogen-bond acceptors (Lipinski definition) is 3. The van der Waals surface area contributed by atoms with Gasteiger partial charge in [-0.3, -0.25) is 8.52 Å². The maximum absolute atomic E-state index is 5.59. The van der Waals surface area contributed by atoms with E-state index in [1.165, 1.54) is 0 Å². The molecule has 0 aliphatic carbocycles. The van der Waals surface area contributed by atoms with Gasteiger partial charge in [-0.2, -0.15) is 4.99 Å². The second-order valence-electron chi connectivity index (χ2n) is 6.86. The fourth-order valence-corrected chi connectivity index (χ4v) is 3.94. The van der Waals surface area contributed by atoms with Crippen molar-refractivity contribution in [2.24, 2.45) is 17.0 Å². The molecule has 0 bridgehead atoms. The predicted molar refractivity (Wildman–Crippen MR) is 103 cm³/mol. The molecule has 5 nitrogen and oxygen atoms in total. The number of nitrogens with zero attached hydrogens (tertiary/aromatic N) is 5. The van der Waals surface area contributed by atoms with Gasteiger partial charge in [-0.25, -0.2) is 4.99 Å². The van der Waals surface area contributed by atoms with Crippen molar-refractivity contribution in [3.8, 4) is 0 Å². The number of hydrogen-bond donors (Lipinski definition) is 0. The first-order chi connectivity index (χ1) is 10.6. The van der Waals surface area contributed by atoms with E-state index in [-0.39, 0.29) is 6.04 Å². The molecule has 1 aromatic heterocycles. The molecule has 0 amide bonds. The molecule has 0 radical (unpaired) electrons. The molecule has 0 aliphatic rings. The smallest absolute Gasteiger partial charge is 0.217 e. The molecule has 0 aromatic carbocycles. The van der Waals surface area contributed by atoms with Crippen molar-refractivity contribution in [1.82, 2.24) is 13.4 Å². The second-order valence-corrected chi connectivity index (χ2v) is 8.17. The summed E-state index contributed by atoms with van der Waals surface area (Å²) in [5, 5.41) is 0.638. The van der Waals surface area contributed by atoms with Crippen LogP contribution in [0.2, 0.25) is 0 Å². The van der Waals surface area contributed by atoms with Crippen LogP contribution in [-0.4, -0.2) is 36.7 Å². The van der Waals surface area contributed by atoms with E-state index in [1.807, 2.05) is 11.6 Å². The highest BCUT2D eigenvalue weighted by Gasteiger charge is 2.17. The van der Waals surface area contributed by atoms with Crippen molar-refractivity contribution in [2.45, 2.75) is 79.6 Å². The van der Waals surface area contributed by atoms with Crippen LogP contribution in [0.1, 0.15) is 61.4 Å². The number of thiocarbonyl (C=S) groups is 1. The third-order valence-corrected chi connectivity index (χ3v) is 4.94. The lowest BCUT2D eigenvalue weighted by Crippen LogP contribution is -2.41. The third kappa shape index (κ3) is 5.01. The minimum absolute atomic E-state index is 0.239. The highest BCUT2D eigenvalue weighted by molar-refractivity contribution is 7.80. The van der Waals surface area contributed by atoms with Crippen LogP contribution < -0.4 is 10.4 Å². The lowest BCUT2D eigenvalue weighted by Gasteiger charge is -2.30. The van der Waals surface area contributed by atoms with Gasteiger partial charge in [0.15, 0.2) is 5.11 Å². The fraction of sp³-hybridized carbons (Fsp3) is 0.812. The quantitative estimate of drug-likeness (QED) is 0.777. The molecule has 1 heterocycles. The minimum atomic E-state index is 0.239. The lowest BCUT2D eigenvalue weighted by molar-refractivity contribution is 0.294. The van der Waals surface area contributed by atoms with Gasteiger partial charge in [0.2, 0.25) is 10.4 Å². The molecule has 132 valence electrons. The third-order valence-electron chi connectivity index (χ3n) is 3.33. The molecule has 0 saturated carbocycles. The molecule has 1 aromatic rings. The van der Waals surface area contributed by atoms with E-state index in [2.05, 4.69) is 64.2 Å². The number of aromatic nitrogens is 2. The first-order valence-electron chi connectivity index (χ1n) is 8.25. The van der Waals surface area contributed by atoms with Gasteiger partial charge in [-0.1, -0.05) is 0 Å². The van der Waals surface area contributed by atoms with Crippen molar-refractivity contribution in [3.05, 3.63) is 10.4 Å². The van der Waals surface area contributed by atoms with Gasteiger partial charge < -0.3 is 4.90 Å². The van der Waals surface area contributed by atoms with Crippen LogP contribution in [0.15, 0.2) is 9.98 Å². The highest BCUT2D eigenvalue weighted by atomic mass is 32.1. The Morgan fingerprint density at radius 3 is 1.96 bits per heavy atom. The van der Waals surface area contributed by atoms with Gasteiger partial charge in [0.05, 0.1) is 0 Å². The van der Waals surface area contributed by atoms with Gasteiger partial charge in [0.25, 0.3) is 0 Å². The molecule has 0 atom stereocenters. The molecule has 0 unspecified atom stereocenters. The summed E-state index contributed by atoms with van der Waals surface area (Å²) < 4.78 is 4.23. The average Bonchev–Trinajstić information content (AvgIpc) is 2.66. The SMILES string of the molecule is CC(C)N=c1n(C(C)C)s/c(=N\C(=S)N(C(C)C)C(C)C)n1C. The summed E-state index contributed by atoms with van der Waals surface area (Å²) >= 11 is 7.20. The topological polar surface area (TPSA) is 37.8 Å². The molecule has 0 N–H and O–H groups in total. The normalized spacial score (nSPS) is 14.0. The van der Waals surface area contributed by atoms with E-state index < -0.39 is 0 Å². The van der Waals surface area contributed by atoms with E-state index in [9.17, 15) is 0 Å². The molecule has 0 aliphatic heterocycles. The van der Waals surface area contributed by atoms with Gasteiger partial charge in [-0.05, 0) is 79.1 Å². The summed E-state index contributed by atoms with van der Waals surface area (Å²) in [6.45, 7) is 17.1. The second kappa shape index (κ2) is 8.24. The van der Waals surface area contributed by atoms with Crippen LogP contribution in [0.5, 0.6) is 0 Å². The Balaban J connectivity index is 3.47. The fourth-order valence-electron chi connectivity index (χ4n) is 2.41. The van der Waals surface area contributed by atoms with Crippen LogP contribution in [0.3, 0.4) is 0 Å². The Morgan fingerprint density at radius 1 is 1.04 bits per heavy atom. The molecular weight excluding hydrogens is 326 g/mol. The van der Waals surface area contributed by atoms with E-state index in [4.69, 9.17) is 22.2 Å². The van der Waals surface area contributed by atoms with Crippen molar-refractivity contribution < 1.29 is 0 Å². The zero-order chi connectivity index (χ0) is 17.9. The highest BCUT2D eigenvalue weighted by Crippen LogP contribution is 2.08. The Labute approximate surface area is 149 Å². The van der Waals surface area contributed by atoms with Crippen LogP contribution in [-0.2, 0) is 7.05 Å². The zero-order valence-electron chi connectivity index (χ0n) is 15.9. The molecule has 1 rings (SSSR count). The summed E-state index contributed by atoms with van der Waals surface area (Å²) in [6, 6.07) is 1.23. The lowest BCUT2D eigenvalue weighted by atomic mass is 10.2. The first-order valence-corrected chi connectivity index (χ1v) is 9.44. The van der Waals surface area contributed by atoms with E-state index in [1.54, 1.807) is 11.5 Å².